The molecule has 0 saturated heterocycles. The number of hydrogen-bond acceptors (Lipinski definition) is 4. The van der Waals surface area contributed by atoms with Crippen LogP contribution < -0.4 is 16.0 Å². The molecule has 1 heterocycles. The highest BCUT2D eigenvalue weighted by Crippen LogP contribution is 2.16. The maximum Gasteiger partial charge on any atom is 0.265 e. The van der Waals surface area contributed by atoms with E-state index in [0.29, 0.717) is 22.7 Å². The fourth-order valence-corrected chi connectivity index (χ4v) is 3.24. The molecule has 0 unspecified atom stereocenters. The van der Waals surface area contributed by atoms with Gasteiger partial charge in [0, 0.05) is 24.3 Å². The average molecular weight is 407 g/mol. The van der Waals surface area contributed by atoms with Crippen molar-refractivity contribution < 1.29 is 14.4 Å². The highest BCUT2D eigenvalue weighted by atomic mass is 32.1. The van der Waals surface area contributed by atoms with E-state index in [0.717, 1.165) is 5.56 Å². The Morgan fingerprint density at radius 1 is 0.759 bits per heavy atom. The molecular weight excluding hydrogens is 386 g/mol. The summed E-state index contributed by atoms with van der Waals surface area (Å²) in [5, 5.41) is 10.2. The van der Waals surface area contributed by atoms with E-state index in [9.17, 15) is 14.4 Å². The molecule has 3 rings (SSSR count). The minimum Gasteiger partial charge on any atom is -0.355 e. The number of nitrogens with one attached hydrogen (secondary N) is 3. The van der Waals surface area contributed by atoms with Crippen LogP contribution in [0.5, 0.6) is 0 Å². The van der Waals surface area contributed by atoms with Crippen molar-refractivity contribution in [1.82, 2.24) is 5.32 Å². The second-order valence-electron chi connectivity index (χ2n) is 6.32. The van der Waals surface area contributed by atoms with Gasteiger partial charge in [0.1, 0.15) is 0 Å². The van der Waals surface area contributed by atoms with Crippen molar-refractivity contribution in [2.24, 2.45) is 0 Å². The molecule has 0 spiro atoms. The maximum absolute atomic E-state index is 12.0. The van der Waals surface area contributed by atoms with Gasteiger partial charge < -0.3 is 16.0 Å². The molecule has 7 heteroatoms. The van der Waals surface area contributed by atoms with Crippen LogP contribution in [-0.2, 0) is 16.0 Å². The maximum atomic E-state index is 12.0. The number of carbonyl (C=O) groups is 3. The van der Waals surface area contributed by atoms with Crippen LogP contribution in [-0.4, -0.2) is 24.3 Å². The van der Waals surface area contributed by atoms with Gasteiger partial charge in [0.25, 0.3) is 5.91 Å². The third-order valence-corrected chi connectivity index (χ3v) is 4.92. The number of carbonyl (C=O) groups excluding carboxylic acids is 3. The zero-order chi connectivity index (χ0) is 20.5. The number of benzene rings is 2. The van der Waals surface area contributed by atoms with Crippen molar-refractivity contribution in [3.8, 4) is 0 Å². The first-order chi connectivity index (χ1) is 14.1. The molecule has 3 amide bonds. The summed E-state index contributed by atoms with van der Waals surface area (Å²) < 4.78 is 0. The summed E-state index contributed by atoms with van der Waals surface area (Å²) in [5.41, 5.74) is 2.20. The van der Waals surface area contributed by atoms with Gasteiger partial charge in [0.15, 0.2) is 0 Å². The lowest BCUT2D eigenvalue weighted by Gasteiger charge is -2.08. The summed E-state index contributed by atoms with van der Waals surface area (Å²) in [7, 11) is 0. The van der Waals surface area contributed by atoms with E-state index < -0.39 is 0 Å². The Balaban J connectivity index is 1.39. The van der Waals surface area contributed by atoms with Crippen molar-refractivity contribution in [2.75, 3.05) is 17.2 Å². The summed E-state index contributed by atoms with van der Waals surface area (Å²) in [6, 6.07) is 19.9. The van der Waals surface area contributed by atoms with Gasteiger partial charge in [0.05, 0.1) is 11.3 Å². The lowest BCUT2D eigenvalue weighted by molar-refractivity contribution is -0.120. The van der Waals surface area contributed by atoms with Gasteiger partial charge in [-0.15, -0.1) is 11.3 Å². The summed E-state index contributed by atoms with van der Waals surface area (Å²) in [6.45, 7) is 0.270. The van der Waals surface area contributed by atoms with Crippen LogP contribution in [0.4, 0.5) is 11.4 Å². The Kier molecular flexibility index (Phi) is 7.13. The van der Waals surface area contributed by atoms with Crippen molar-refractivity contribution in [3.63, 3.8) is 0 Å². The van der Waals surface area contributed by atoms with Gasteiger partial charge >= 0.3 is 0 Å². The topological polar surface area (TPSA) is 87.3 Å². The van der Waals surface area contributed by atoms with Crippen molar-refractivity contribution in [2.45, 2.75) is 12.8 Å². The minimum atomic E-state index is -0.194. The van der Waals surface area contributed by atoms with Crippen molar-refractivity contribution >= 4 is 40.4 Å². The molecule has 3 N–H and O–H groups in total. The largest absolute Gasteiger partial charge is 0.355 e. The Morgan fingerprint density at radius 2 is 1.45 bits per heavy atom. The van der Waals surface area contributed by atoms with E-state index in [4.69, 9.17) is 0 Å². The van der Waals surface area contributed by atoms with E-state index in [1.54, 1.807) is 30.3 Å². The number of rotatable bonds is 8. The Bertz CT molecular complexity index is 955. The molecule has 0 bridgehead atoms. The third kappa shape index (κ3) is 6.58. The van der Waals surface area contributed by atoms with Gasteiger partial charge in [0.2, 0.25) is 11.8 Å². The van der Waals surface area contributed by atoms with Crippen LogP contribution in [0.15, 0.2) is 72.1 Å². The number of thiophene rings is 1. The zero-order valence-electron chi connectivity index (χ0n) is 15.7. The lowest BCUT2D eigenvalue weighted by atomic mass is 10.1. The van der Waals surface area contributed by atoms with Crippen LogP contribution in [0, 0.1) is 0 Å². The van der Waals surface area contributed by atoms with Crippen LogP contribution in [0.25, 0.3) is 0 Å². The molecule has 0 saturated carbocycles. The molecule has 0 atom stereocenters. The first kappa shape index (κ1) is 20.3. The quantitative estimate of drug-likeness (QED) is 0.532. The van der Waals surface area contributed by atoms with Gasteiger partial charge in [-0.25, -0.2) is 0 Å². The molecule has 6 nitrogen and oxygen atoms in total. The van der Waals surface area contributed by atoms with Crippen LogP contribution in [0.1, 0.15) is 21.7 Å². The Morgan fingerprint density at radius 3 is 2.10 bits per heavy atom. The van der Waals surface area contributed by atoms with Gasteiger partial charge in [-0.1, -0.05) is 36.4 Å². The molecule has 0 aliphatic heterocycles. The smallest absolute Gasteiger partial charge is 0.265 e. The number of amides is 3. The summed E-state index contributed by atoms with van der Waals surface area (Å²) in [6.07, 6.45) is 0.471. The first-order valence-corrected chi connectivity index (χ1v) is 10.0. The van der Waals surface area contributed by atoms with Crippen LogP contribution in [0.3, 0.4) is 0 Å². The standard InChI is InChI=1S/C22H21N3O3S/c26-20(12-13-23-21(27)15-16-5-2-1-3-6-16)24-17-8-10-18(11-9-17)25-22(28)19-7-4-14-29-19/h1-11,14H,12-13,15H2,(H,23,27)(H,24,26)(H,25,28). The molecule has 2 aromatic carbocycles. The molecular formula is C22H21N3O3S. The highest BCUT2D eigenvalue weighted by molar-refractivity contribution is 7.12. The number of hydrogen-bond donors (Lipinski definition) is 3. The van der Waals surface area contributed by atoms with E-state index in [1.165, 1.54) is 11.3 Å². The van der Waals surface area contributed by atoms with E-state index in [1.807, 2.05) is 41.8 Å². The average Bonchev–Trinajstić information content (AvgIpc) is 3.25. The second kappa shape index (κ2) is 10.2. The summed E-state index contributed by atoms with van der Waals surface area (Å²) >= 11 is 1.37. The monoisotopic (exact) mass is 407 g/mol. The third-order valence-electron chi connectivity index (χ3n) is 4.05. The minimum absolute atomic E-state index is 0.116. The summed E-state index contributed by atoms with van der Waals surface area (Å²) in [4.78, 5) is 36.6. The van der Waals surface area contributed by atoms with E-state index >= 15 is 0 Å². The van der Waals surface area contributed by atoms with E-state index in [-0.39, 0.29) is 30.7 Å². The fraction of sp³-hybridized carbons (Fsp3) is 0.136. The number of anilines is 2. The SMILES string of the molecule is O=C(Cc1ccccc1)NCCC(=O)Nc1ccc(NC(=O)c2cccs2)cc1. The Hall–Kier alpha value is -3.45. The van der Waals surface area contributed by atoms with E-state index in [2.05, 4.69) is 16.0 Å². The van der Waals surface area contributed by atoms with Gasteiger partial charge in [-0.2, -0.15) is 0 Å². The fourth-order valence-electron chi connectivity index (χ4n) is 2.62. The normalized spacial score (nSPS) is 10.2. The molecule has 0 aliphatic carbocycles. The molecule has 3 aromatic rings. The highest BCUT2D eigenvalue weighted by Gasteiger charge is 2.08. The Labute approximate surface area is 173 Å². The molecule has 0 aliphatic rings. The summed E-state index contributed by atoms with van der Waals surface area (Å²) in [5.74, 6) is -0.474. The second-order valence-corrected chi connectivity index (χ2v) is 7.27. The van der Waals surface area contributed by atoms with Gasteiger partial charge in [-0.3, -0.25) is 14.4 Å². The molecule has 0 radical (unpaired) electrons. The first-order valence-electron chi connectivity index (χ1n) is 9.15. The predicted octanol–water partition coefficient (Wildman–Crippen LogP) is 3.69. The molecule has 148 valence electrons. The predicted molar refractivity (Wildman–Crippen MR) is 115 cm³/mol. The van der Waals surface area contributed by atoms with Crippen LogP contribution >= 0.6 is 11.3 Å². The van der Waals surface area contributed by atoms with Gasteiger partial charge in [-0.05, 0) is 41.3 Å². The molecule has 29 heavy (non-hydrogen) atoms. The zero-order valence-corrected chi connectivity index (χ0v) is 16.5. The van der Waals surface area contributed by atoms with Crippen LogP contribution in [0.2, 0.25) is 0 Å². The molecule has 1 aromatic heterocycles. The van der Waals surface area contributed by atoms with Crippen molar-refractivity contribution in [3.05, 3.63) is 82.6 Å². The molecule has 0 fully saturated rings. The van der Waals surface area contributed by atoms with Crippen molar-refractivity contribution in [1.29, 1.82) is 0 Å². The lowest BCUT2D eigenvalue weighted by Crippen LogP contribution is -2.28.